The molecule has 116 valence electrons. The fraction of sp³-hybridized carbons (Fsp3) is 0.714. The highest BCUT2D eigenvalue weighted by molar-refractivity contribution is 7.15. The summed E-state index contributed by atoms with van der Waals surface area (Å²) in [4.78, 5) is 18.1. The Hall–Kier alpha value is -0.690. The van der Waals surface area contributed by atoms with Crippen molar-refractivity contribution in [3.8, 4) is 0 Å². The lowest BCUT2D eigenvalue weighted by Crippen LogP contribution is -2.31. The number of halogens is 1. The summed E-state index contributed by atoms with van der Waals surface area (Å²) in [6.45, 7) is 3.48. The Bertz CT molecular complexity index is 519. The van der Waals surface area contributed by atoms with Crippen LogP contribution in [0.5, 0.6) is 0 Å². The summed E-state index contributed by atoms with van der Waals surface area (Å²) in [5.41, 5.74) is 1.39. The van der Waals surface area contributed by atoms with Crippen molar-refractivity contribution in [1.29, 1.82) is 0 Å². The Kier molecular flexibility index (Phi) is 4.23. The largest absolute Gasteiger partial charge is 0.375 e. The van der Waals surface area contributed by atoms with Gasteiger partial charge in [0.2, 0.25) is 5.91 Å². The minimum atomic E-state index is 0. The molecule has 0 bridgehead atoms. The highest BCUT2D eigenvalue weighted by Gasteiger charge is 2.57. The summed E-state index contributed by atoms with van der Waals surface area (Å²) in [6, 6.07) is 0. The van der Waals surface area contributed by atoms with Crippen LogP contribution < -0.4 is 10.6 Å². The molecule has 1 saturated carbocycles. The molecular formula is C14H20ClN3O2S. The van der Waals surface area contributed by atoms with Crippen molar-refractivity contribution >= 4 is 34.8 Å². The Morgan fingerprint density at radius 2 is 2.24 bits per heavy atom. The van der Waals surface area contributed by atoms with E-state index in [1.165, 1.54) is 4.88 Å². The van der Waals surface area contributed by atoms with E-state index < -0.39 is 0 Å². The molecule has 0 aromatic carbocycles. The predicted molar refractivity (Wildman–Crippen MR) is 84.0 cm³/mol. The molecule has 1 aliphatic carbocycles. The standard InChI is InChI=1S/C14H19N3O2S.ClH/c18-12(9-7-14(9)2-4-15-5-3-14)17-13-16-10-1-6-19-8-11(10)20-13;/h9,15H,1-8H2,(H,16,17,18);1H. The summed E-state index contributed by atoms with van der Waals surface area (Å²) in [5.74, 6) is 0.362. The van der Waals surface area contributed by atoms with E-state index in [9.17, 15) is 4.79 Å². The van der Waals surface area contributed by atoms with Crippen LogP contribution in [-0.2, 0) is 22.6 Å². The number of hydrogen-bond acceptors (Lipinski definition) is 5. The van der Waals surface area contributed by atoms with Crippen molar-refractivity contribution in [2.75, 3.05) is 25.0 Å². The number of fused-ring (bicyclic) bond motifs is 1. The number of ether oxygens (including phenoxy) is 1. The predicted octanol–water partition coefficient (Wildman–Crippen LogP) is 1.97. The van der Waals surface area contributed by atoms with Gasteiger partial charge in [0.15, 0.2) is 5.13 Å². The zero-order valence-corrected chi connectivity index (χ0v) is 13.4. The first-order valence-corrected chi connectivity index (χ1v) is 8.16. The van der Waals surface area contributed by atoms with E-state index in [-0.39, 0.29) is 29.6 Å². The molecule has 2 aliphatic heterocycles. The van der Waals surface area contributed by atoms with Gasteiger partial charge in [-0.05, 0) is 37.8 Å². The SMILES string of the molecule is Cl.O=C(Nc1nc2c(s1)COCC2)C1CC12CCNCC2. The van der Waals surface area contributed by atoms with E-state index in [1.54, 1.807) is 11.3 Å². The fourth-order valence-electron chi connectivity index (χ4n) is 3.47. The second-order valence-electron chi connectivity index (χ2n) is 6.05. The normalized spacial score (nSPS) is 25.8. The van der Waals surface area contributed by atoms with Crippen molar-refractivity contribution < 1.29 is 9.53 Å². The van der Waals surface area contributed by atoms with E-state index in [0.29, 0.717) is 6.61 Å². The maximum absolute atomic E-state index is 12.4. The van der Waals surface area contributed by atoms with Gasteiger partial charge in [-0.2, -0.15) is 0 Å². The second-order valence-corrected chi connectivity index (χ2v) is 7.13. The lowest BCUT2D eigenvalue weighted by Gasteiger charge is -2.22. The molecular weight excluding hydrogens is 310 g/mol. The average molecular weight is 330 g/mol. The number of amides is 1. The number of thiazole rings is 1. The van der Waals surface area contributed by atoms with E-state index in [2.05, 4.69) is 15.6 Å². The van der Waals surface area contributed by atoms with Crippen LogP contribution in [0.25, 0.3) is 0 Å². The Labute approximate surface area is 134 Å². The lowest BCUT2D eigenvalue weighted by atomic mass is 9.92. The van der Waals surface area contributed by atoms with Gasteiger partial charge in [-0.1, -0.05) is 11.3 Å². The summed E-state index contributed by atoms with van der Waals surface area (Å²) in [7, 11) is 0. The Morgan fingerprint density at radius 1 is 1.43 bits per heavy atom. The van der Waals surface area contributed by atoms with E-state index in [4.69, 9.17) is 4.74 Å². The molecule has 0 radical (unpaired) electrons. The number of aromatic nitrogens is 1. The third-order valence-corrected chi connectivity index (χ3v) is 5.82. The van der Waals surface area contributed by atoms with Gasteiger partial charge in [-0.25, -0.2) is 4.98 Å². The van der Waals surface area contributed by atoms with Crippen LogP contribution in [0.15, 0.2) is 0 Å². The van der Waals surface area contributed by atoms with Gasteiger partial charge in [0.25, 0.3) is 0 Å². The number of anilines is 1. The molecule has 2 fully saturated rings. The smallest absolute Gasteiger partial charge is 0.229 e. The minimum Gasteiger partial charge on any atom is -0.375 e. The first-order chi connectivity index (χ1) is 9.77. The van der Waals surface area contributed by atoms with Crippen LogP contribution in [-0.4, -0.2) is 30.6 Å². The van der Waals surface area contributed by atoms with E-state index >= 15 is 0 Å². The van der Waals surface area contributed by atoms with Gasteiger partial charge in [-0.3, -0.25) is 4.79 Å². The number of carbonyl (C=O) groups excluding carboxylic acids is 1. The third-order valence-electron chi connectivity index (χ3n) is 4.83. The van der Waals surface area contributed by atoms with E-state index in [1.807, 2.05) is 0 Å². The van der Waals surface area contributed by atoms with Crippen LogP contribution in [0.3, 0.4) is 0 Å². The fourth-order valence-corrected chi connectivity index (χ4v) is 4.42. The quantitative estimate of drug-likeness (QED) is 0.870. The van der Waals surface area contributed by atoms with Crippen molar-refractivity contribution in [2.24, 2.45) is 11.3 Å². The number of nitrogens with zero attached hydrogens (tertiary/aromatic N) is 1. The topological polar surface area (TPSA) is 63.2 Å². The molecule has 1 aromatic heterocycles. The zero-order chi connectivity index (χ0) is 13.6. The molecule has 5 nitrogen and oxygen atoms in total. The third kappa shape index (κ3) is 2.82. The summed E-state index contributed by atoms with van der Waals surface area (Å²) in [6.07, 6.45) is 4.18. The van der Waals surface area contributed by atoms with Gasteiger partial charge in [-0.15, -0.1) is 12.4 Å². The van der Waals surface area contributed by atoms with Crippen molar-refractivity contribution in [3.05, 3.63) is 10.6 Å². The van der Waals surface area contributed by atoms with Crippen LogP contribution in [0.2, 0.25) is 0 Å². The molecule has 1 spiro atoms. The van der Waals surface area contributed by atoms with Gasteiger partial charge in [0, 0.05) is 12.3 Å². The molecule has 1 atom stereocenters. The van der Waals surface area contributed by atoms with Gasteiger partial charge in [0.1, 0.15) is 0 Å². The van der Waals surface area contributed by atoms with Gasteiger partial charge >= 0.3 is 0 Å². The number of carbonyl (C=O) groups is 1. The van der Waals surface area contributed by atoms with Gasteiger partial charge in [0.05, 0.1) is 23.8 Å². The first-order valence-electron chi connectivity index (χ1n) is 7.35. The first kappa shape index (κ1) is 15.2. The average Bonchev–Trinajstić information content (AvgIpc) is 2.99. The van der Waals surface area contributed by atoms with Crippen LogP contribution in [0.1, 0.15) is 29.8 Å². The highest BCUT2D eigenvalue weighted by Crippen LogP contribution is 2.58. The molecule has 7 heteroatoms. The van der Waals surface area contributed by atoms with Gasteiger partial charge < -0.3 is 15.4 Å². The molecule has 4 rings (SSSR count). The molecule has 1 amide bonds. The van der Waals surface area contributed by atoms with E-state index in [0.717, 1.165) is 56.2 Å². The van der Waals surface area contributed by atoms with Crippen LogP contribution in [0.4, 0.5) is 5.13 Å². The summed E-state index contributed by atoms with van der Waals surface area (Å²) >= 11 is 1.56. The molecule has 1 saturated heterocycles. The molecule has 2 N–H and O–H groups in total. The molecule has 3 aliphatic rings. The number of hydrogen-bond donors (Lipinski definition) is 2. The number of rotatable bonds is 2. The summed E-state index contributed by atoms with van der Waals surface area (Å²) in [5, 5.41) is 7.14. The van der Waals surface area contributed by atoms with Crippen molar-refractivity contribution in [2.45, 2.75) is 32.3 Å². The maximum Gasteiger partial charge on any atom is 0.229 e. The van der Waals surface area contributed by atoms with Crippen molar-refractivity contribution in [1.82, 2.24) is 10.3 Å². The molecule has 1 aromatic rings. The Balaban J connectivity index is 0.00000132. The molecule has 21 heavy (non-hydrogen) atoms. The lowest BCUT2D eigenvalue weighted by molar-refractivity contribution is -0.118. The minimum absolute atomic E-state index is 0. The van der Waals surface area contributed by atoms with Crippen LogP contribution in [0, 0.1) is 11.3 Å². The number of piperidine rings is 1. The highest BCUT2D eigenvalue weighted by atomic mass is 35.5. The Morgan fingerprint density at radius 3 is 3.00 bits per heavy atom. The van der Waals surface area contributed by atoms with Crippen LogP contribution >= 0.6 is 23.7 Å². The maximum atomic E-state index is 12.4. The van der Waals surface area contributed by atoms with Crippen molar-refractivity contribution in [3.63, 3.8) is 0 Å². The monoisotopic (exact) mass is 329 g/mol. The summed E-state index contributed by atoms with van der Waals surface area (Å²) < 4.78 is 5.41. The number of nitrogens with one attached hydrogen (secondary N) is 2. The second kappa shape index (κ2) is 5.83. The zero-order valence-electron chi connectivity index (χ0n) is 11.8. The molecule has 3 heterocycles. The molecule has 1 unspecified atom stereocenters.